The third-order valence-electron chi connectivity index (χ3n) is 6.10. The first-order chi connectivity index (χ1) is 15.6. The highest BCUT2D eigenvalue weighted by Crippen LogP contribution is 2.38. The van der Waals surface area contributed by atoms with E-state index in [0.717, 1.165) is 34.6 Å². The van der Waals surface area contributed by atoms with Crippen LogP contribution in [0.25, 0.3) is 10.9 Å². The molecule has 32 heavy (non-hydrogen) atoms. The van der Waals surface area contributed by atoms with Gasteiger partial charge >= 0.3 is 6.03 Å². The summed E-state index contributed by atoms with van der Waals surface area (Å²) in [6.07, 6.45) is 0.818. The van der Waals surface area contributed by atoms with Gasteiger partial charge in [-0.3, -0.25) is 0 Å². The van der Waals surface area contributed by atoms with Gasteiger partial charge in [0.25, 0.3) is 0 Å². The molecular formula is C27H27N3O2. The Morgan fingerprint density at radius 1 is 1.06 bits per heavy atom. The van der Waals surface area contributed by atoms with E-state index in [4.69, 9.17) is 4.74 Å². The second-order valence-corrected chi connectivity index (χ2v) is 8.21. The highest BCUT2D eigenvalue weighted by atomic mass is 16.5. The van der Waals surface area contributed by atoms with Crippen LogP contribution in [0.2, 0.25) is 0 Å². The summed E-state index contributed by atoms with van der Waals surface area (Å²) in [5, 5.41) is 4.32. The van der Waals surface area contributed by atoms with E-state index in [1.54, 1.807) is 0 Å². The summed E-state index contributed by atoms with van der Waals surface area (Å²) in [7, 11) is 0. The Kier molecular flexibility index (Phi) is 5.31. The van der Waals surface area contributed by atoms with Crippen LogP contribution in [0.1, 0.15) is 35.3 Å². The van der Waals surface area contributed by atoms with E-state index in [-0.39, 0.29) is 12.1 Å². The Bertz CT molecular complexity index is 1240. The Balaban J connectivity index is 1.50. The topological polar surface area (TPSA) is 57.4 Å². The summed E-state index contributed by atoms with van der Waals surface area (Å²) in [6, 6.07) is 24.1. The lowest BCUT2D eigenvalue weighted by Gasteiger charge is -2.36. The minimum absolute atomic E-state index is 0.107. The van der Waals surface area contributed by atoms with Gasteiger partial charge in [0, 0.05) is 28.8 Å². The number of hydrogen-bond acceptors (Lipinski definition) is 2. The first-order valence-corrected chi connectivity index (χ1v) is 11.1. The van der Waals surface area contributed by atoms with Crippen LogP contribution in [-0.2, 0) is 6.42 Å². The van der Waals surface area contributed by atoms with Crippen molar-refractivity contribution in [2.75, 3.05) is 18.5 Å². The van der Waals surface area contributed by atoms with Crippen LogP contribution in [-0.4, -0.2) is 29.1 Å². The number of nitrogens with one attached hydrogen (secondary N) is 2. The van der Waals surface area contributed by atoms with Gasteiger partial charge in [-0.05, 0) is 61.7 Å². The minimum atomic E-state index is -0.172. The molecule has 2 amide bonds. The van der Waals surface area contributed by atoms with Gasteiger partial charge in [-0.25, -0.2) is 4.79 Å². The molecule has 1 aromatic heterocycles. The van der Waals surface area contributed by atoms with Crippen molar-refractivity contribution in [1.29, 1.82) is 0 Å². The van der Waals surface area contributed by atoms with Crippen molar-refractivity contribution in [3.63, 3.8) is 0 Å². The van der Waals surface area contributed by atoms with Crippen molar-refractivity contribution >= 4 is 22.6 Å². The zero-order chi connectivity index (χ0) is 22.1. The average molecular weight is 426 g/mol. The van der Waals surface area contributed by atoms with Gasteiger partial charge in [0.1, 0.15) is 5.75 Å². The number of anilines is 1. The van der Waals surface area contributed by atoms with Crippen LogP contribution in [0.5, 0.6) is 5.75 Å². The molecule has 4 aromatic rings. The number of aryl methyl sites for hydroxylation is 1. The SMILES string of the molecule is CCOc1ccc(NC(=O)N2CCc3c([nH]c4ccccc34)[C@H]2c2ccc(C)cc2)cc1. The van der Waals surface area contributed by atoms with E-state index in [2.05, 4.69) is 59.7 Å². The molecule has 0 unspecified atom stereocenters. The molecule has 5 rings (SSSR count). The van der Waals surface area contributed by atoms with Crippen molar-refractivity contribution in [3.05, 3.63) is 95.2 Å². The molecule has 162 valence electrons. The maximum Gasteiger partial charge on any atom is 0.322 e. The summed E-state index contributed by atoms with van der Waals surface area (Å²) in [4.78, 5) is 19.0. The summed E-state index contributed by atoms with van der Waals surface area (Å²) in [5.41, 5.74) is 6.57. The molecule has 0 bridgehead atoms. The molecule has 0 saturated carbocycles. The average Bonchev–Trinajstić information content (AvgIpc) is 3.19. The van der Waals surface area contributed by atoms with Gasteiger partial charge < -0.3 is 19.9 Å². The lowest BCUT2D eigenvalue weighted by Crippen LogP contribution is -2.43. The summed E-state index contributed by atoms with van der Waals surface area (Å²) in [6.45, 7) is 5.30. The number of nitrogens with zero attached hydrogens (tertiary/aromatic N) is 1. The molecular weight excluding hydrogens is 398 g/mol. The third kappa shape index (κ3) is 3.71. The number of ether oxygens (including phenoxy) is 1. The maximum absolute atomic E-state index is 13.4. The number of fused-ring (bicyclic) bond motifs is 3. The van der Waals surface area contributed by atoms with E-state index in [0.29, 0.717) is 13.2 Å². The molecule has 5 heteroatoms. The van der Waals surface area contributed by atoms with E-state index in [1.165, 1.54) is 16.5 Å². The molecule has 1 aliphatic heterocycles. The molecule has 2 heterocycles. The minimum Gasteiger partial charge on any atom is -0.494 e. The van der Waals surface area contributed by atoms with Crippen molar-refractivity contribution in [3.8, 4) is 5.75 Å². The van der Waals surface area contributed by atoms with E-state index in [1.807, 2.05) is 42.2 Å². The van der Waals surface area contributed by atoms with E-state index >= 15 is 0 Å². The molecule has 0 radical (unpaired) electrons. The lowest BCUT2D eigenvalue weighted by molar-refractivity contribution is 0.193. The number of H-pyrrole nitrogens is 1. The second-order valence-electron chi connectivity index (χ2n) is 8.21. The fourth-order valence-electron chi connectivity index (χ4n) is 4.55. The molecule has 0 aliphatic carbocycles. The molecule has 3 aromatic carbocycles. The van der Waals surface area contributed by atoms with Gasteiger partial charge in [0.2, 0.25) is 0 Å². The first kappa shape index (κ1) is 20.2. The predicted octanol–water partition coefficient (Wildman–Crippen LogP) is 6.05. The standard InChI is InChI=1S/C27H27N3O2/c1-3-32-21-14-12-20(13-15-21)28-27(31)30-17-16-23-22-6-4-5-7-24(22)29-25(23)26(30)19-10-8-18(2)9-11-19/h4-15,26,29H,3,16-17H2,1-2H3,(H,28,31)/t26-/m1/s1. The van der Waals surface area contributed by atoms with Crippen LogP contribution >= 0.6 is 0 Å². The van der Waals surface area contributed by atoms with Crippen LogP contribution in [0.3, 0.4) is 0 Å². The molecule has 0 spiro atoms. The first-order valence-electron chi connectivity index (χ1n) is 11.1. The Morgan fingerprint density at radius 3 is 2.56 bits per heavy atom. The number of aromatic amines is 1. The highest BCUT2D eigenvalue weighted by molar-refractivity contribution is 5.91. The predicted molar refractivity (Wildman–Crippen MR) is 128 cm³/mol. The molecule has 1 atom stereocenters. The monoisotopic (exact) mass is 425 g/mol. The fraction of sp³-hybridized carbons (Fsp3) is 0.222. The molecule has 0 saturated heterocycles. The quantitative estimate of drug-likeness (QED) is 0.418. The molecule has 5 nitrogen and oxygen atoms in total. The summed E-state index contributed by atoms with van der Waals surface area (Å²) in [5.74, 6) is 0.795. The Labute approximate surface area is 188 Å². The number of carbonyl (C=O) groups excluding carboxylic acids is 1. The Morgan fingerprint density at radius 2 is 1.81 bits per heavy atom. The van der Waals surface area contributed by atoms with Gasteiger partial charge in [-0.2, -0.15) is 0 Å². The van der Waals surface area contributed by atoms with Gasteiger partial charge in [-0.1, -0.05) is 48.0 Å². The van der Waals surface area contributed by atoms with E-state index in [9.17, 15) is 4.79 Å². The largest absolute Gasteiger partial charge is 0.494 e. The molecule has 0 fully saturated rings. The zero-order valence-electron chi connectivity index (χ0n) is 18.4. The van der Waals surface area contributed by atoms with E-state index < -0.39 is 0 Å². The smallest absolute Gasteiger partial charge is 0.322 e. The third-order valence-corrected chi connectivity index (χ3v) is 6.10. The van der Waals surface area contributed by atoms with Crippen molar-refractivity contribution < 1.29 is 9.53 Å². The fourth-order valence-corrected chi connectivity index (χ4v) is 4.55. The number of amides is 2. The van der Waals surface area contributed by atoms with Gasteiger partial charge in [0.05, 0.1) is 12.6 Å². The van der Waals surface area contributed by atoms with Crippen molar-refractivity contribution in [2.24, 2.45) is 0 Å². The number of aromatic nitrogens is 1. The molecule has 1 aliphatic rings. The molecule has 2 N–H and O–H groups in total. The number of para-hydroxylation sites is 1. The highest BCUT2D eigenvalue weighted by Gasteiger charge is 2.34. The lowest BCUT2D eigenvalue weighted by atomic mass is 9.92. The van der Waals surface area contributed by atoms with Crippen LogP contribution < -0.4 is 10.1 Å². The van der Waals surface area contributed by atoms with Crippen LogP contribution in [0.4, 0.5) is 10.5 Å². The maximum atomic E-state index is 13.4. The van der Waals surface area contributed by atoms with Gasteiger partial charge in [-0.15, -0.1) is 0 Å². The van der Waals surface area contributed by atoms with Crippen molar-refractivity contribution in [2.45, 2.75) is 26.3 Å². The van der Waals surface area contributed by atoms with Gasteiger partial charge in [0.15, 0.2) is 0 Å². The second kappa shape index (κ2) is 8.42. The normalized spacial score (nSPS) is 15.4. The number of urea groups is 1. The number of carbonyl (C=O) groups is 1. The number of benzene rings is 3. The summed E-state index contributed by atoms with van der Waals surface area (Å²) < 4.78 is 5.51. The number of rotatable bonds is 4. The Hall–Kier alpha value is -3.73. The zero-order valence-corrected chi connectivity index (χ0v) is 18.4. The number of hydrogen-bond donors (Lipinski definition) is 2. The van der Waals surface area contributed by atoms with Crippen LogP contribution in [0, 0.1) is 6.92 Å². The van der Waals surface area contributed by atoms with Crippen molar-refractivity contribution in [1.82, 2.24) is 9.88 Å². The summed E-state index contributed by atoms with van der Waals surface area (Å²) >= 11 is 0. The van der Waals surface area contributed by atoms with Crippen LogP contribution in [0.15, 0.2) is 72.8 Å².